The molecule has 4 aromatic rings. The molecule has 1 fully saturated rings. The van der Waals surface area contributed by atoms with Gasteiger partial charge in [0.15, 0.2) is 0 Å². The molecule has 1 aromatic heterocycles. The largest absolute Gasteiger partial charge is 0.489 e. The maximum Gasteiger partial charge on any atom is 0.329 e. The fourth-order valence-corrected chi connectivity index (χ4v) is 5.49. The number of H-pyrrole nitrogens is 1. The lowest BCUT2D eigenvalue weighted by atomic mass is 10.1. The monoisotopic (exact) mass is 652 g/mol. The highest BCUT2D eigenvalue weighted by Crippen LogP contribution is 2.19. The van der Waals surface area contributed by atoms with E-state index in [9.17, 15) is 19.2 Å². The molecule has 48 heavy (non-hydrogen) atoms. The zero-order valence-electron chi connectivity index (χ0n) is 26.5. The Balaban J connectivity index is 1.16. The zero-order valence-corrected chi connectivity index (χ0v) is 26.5. The molecule has 0 spiro atoms. The normalized spacial score (nSPS) is 15.3. The van der Waals surface area contributed by atoms with Crippen molar-refractivity contribution in [2.24, 2.45) is 5.73 Å². The minimum Gasteiger partial charge on any atom is -0.489 e. The third-order valence-electron chi connectivity index (χ3n) is 8.03. The summed E-state index contributed by atoms with van der Waals surface area (Å²) in [7, 11) is 0. The van der Waals surface area contributed by atoms with E-state index >= 15 is 0 Å². The van der Waals surface area contributed by atoms with Crippen molar-refractivity contribution in [3.8, 4) is 5.75 Å². The van der Waals surface area contributed by atoms with E-state index in [2.05, 4.69) is 20.6 Å². The van der Waals surface area contributed by atoms with Gasteiger partial charge in [-0.05, 0) is 41.7 Å². The number of imidazole rings is 1. The minimum absolute atomic E-state index is 0.0447. The van der Waals surface area contributed by atoms with E-state index < -0.39 is 35.9 Å². The Morgan fingerprint density at radius 2 is 1.58 bits per heavy atom. The summed E-state index contributed by atoms with van der Waals surface area (Å²) in [4.78, 5) is 60.8. The van der Waals surface area contributed by atoms with Crippen molar-refractivity contribution in [3.63, 3.8) is 0 Å². The number of carbonyl (C=O) groups excluding carboxylic acids is 4. The number of aromatic nitrogens is 2. The third kappa shape index (κ3) is 9.76. The van der Waals surface area contributed by atoms with Crippen LogP contribution in [0.5, 0.6) is 5.75 Å². The number of amides is 3. The number of esters is 1. The lowest BCUT2D eigenvalue weighted by Gasteiger charge is -2.26. The molecule has 0 saturated carbocycles. The van der Waals surface area contributed by atoms with Crippen molar-refractivity contribution < 1.29 is 28.7 Å². The second kappa shape index (κ2) is 16.9. The summed E-state index contributed by atoms with van der Waals surface area (Å²) in [6.45, 7) is 0.474. The SMILES string of the molecule is N[C@@H](Cc1cnc[nH]1)C(=O)N1CCC[C@H]1C(=O)NCC(=O)N[C@@H](Cc1ccc(OCc2ccccc2)cc1)C(=O)OCc1ccccc1. The van der Waals surface area contributed by atoms with Crippen LogP contribution in [0.2, 0.25) is 0 Å². The number of hydrogen-bond donors (Lipinski definition) is 4. The fraction of sp³-hybridized carbons (Fsp3) is 0.306. The van der Waals surface area contributed by atoms with Crippen LogP contribution in [0.4, 0.5) is 0 Å². The van der Waals surface area contributed by atoms with E-state index in [-0.39, 0.29) is 31.9 Å². The molecule has 0 unspecified atom stereocenters. The zero-order chi connectivity index (χ0) is 33.7. The summed E-state index contributed by atoms with van der Waals surface area (Å²) >= 11 is 0. The van der Waals surface area contributed by atoms with E-state index in [0.29, 0.717) is 31.7 Å². The minimum atomic E-state index is -1.01. The Morgan fingerprint density at radius 1 is 0.896 bits per heavy atom. The van der Waals surface area contributed by atoms with Crippen LogP contribution in [0.3, 0.4) is 0 Å². The number of hydrogen-bond acceptors (Lipinski definition) is 8. The molecule has 3 amide bonds. The van der Waals surface area contributed by atoms with Gasteiger partial charge in [0.2, 0.25) is 17.7 Å². The number of aromatic amines is 1. The highest BCUT2D eigenvalue weighted by Gasteiger charge is 2.36. The quantitative estimate of drug-likeness (QED) is 0.142. The van der Waals surface area contributed by atoms with E-state index in [1.165, 1.54) is 11.2 Å². The van der Waals surface area contributed by atoms with Gasteiger partial charge in [0, 0.05) is 31.3 Å². The van der Waals surface area contributed by atoms with Crippen molar-refractivity contribution in [1.82, 2.24) is 25.5 Å². The highest BCUT2D eigenvalue weighted by molar-refractivity contribution is 5.93. The van der Waals surface area contributed by atoms with Crippen LogP contribution in [0.1, 0.15) is 35.2 Å². The molecule has 2 heterocycles. The van der Waals surface area contributed by atoms with Crippen LogP contribution in [0.25, 0.3) is 0 Å². The second-order valence-corrected chi connectivity index (χ2v) is 11.6. The van der Waals surface area contributed by atoms with Gasteiger partial charge in [-0.15, -0.1) is 0 Å². The van der Waals surface area contributed by atoms with Crippen LogP contribution >= 0.6 is 0 Å². The standard InChI is InChI=1S/C36H40N6O6/c37-30(19-28-20-38-24-40-28)35(45)42-17-7-12-32(42)34(44)39-21-33(43)41-31(36(46)48-23-27-10-5-2-6-11-27)18-25-13-15-29(16-14-25)47-22-26-8-3-1-4-9-26/h1-6,8-11,13-16,20,24,30-32H,7,12,17-19,21-23,37H2,(H,38,40)(H,39,44)(H,41,43)/t30-,31-,32-/m0/s1. The average molecular weight is 653 g/mol. The van der Waals surface area contributed by atoms with Gasteiger partial charge in [-0.2, -0.15) is 0 Å². The molecule has 5 rings (SSSR count). The molecule has 1 aliphatic heterocycles. The van der Waals surface area contributed by atoms with Crippen LogP contribution in [0.15, 0.2) is 97.5 Å². The van der Waals surface area contributed by atoms with Gasteiger partial charge in [0.25, 0.3) is 0 Å². The number of ether oxygens (including phenoxy) is 2. The van der Waals surface area contributed by atoms with Crippen LogP contribution in [0, 0.1) is 0 Å². The first kappa shape index (κ1) is 33.9. The number of nitrogens with two attached hydrogens (primary N) is 1. The molecule has 0 aliphatic carbocycles. The smallest absolute Gasteiger partial charge is 0.329 e. The number of likely N-dealkylation sites (tertiary alicyclic amines) is 1. The van der Waals surface area contributed by atoms with Gasteiger partial charge in [0.1, 0.15) is 31.0 Å². The Labute approximate surface area is 279 Å². The molecule has 3 atom stereocenters. The Hall–Kier alpha value is -5.49. The molecule has 12 nitrogen and oxygen atoms in total. The maximum atomic E-state index is 13.2. The molecular formula is C36H40N6O6. The van der Waals surface area contributed by atoms with Gasteiger partial charge in [-0.3, -0.25) is 14.4 Å². The second-order valence-electron chi connectivity index (χ2n) is 11.6. The van der Waals surface area contributed by atoms with E-state index in [0.717, 1.165) is 22.4 Å². The molecule has 3 aromatic carbocycles. The van der Waals surface area contributed by atoms with Gasteiger partial charge >= 0.3 is 5.97 Å². The molecule has 12 heteroatoms. The molecule has 0 bridgehead atoms. The van der Waals surface area contributed by atoms with Gasteiger partial charge in [-0.1, -0.05) is 72.8 Å². The van der Waals surface area contributed by atoms with E-state index in [1.807, 2.05) is 84.9 Å². The van der Waals surface area contributed by atoms with Gasteiger partial charge in [0.05, 0.1) is 18.9 Å². The molecule has 1 aliphatic rings. The number of nitrogens with zero attached hydrogens (tertiary/aromatic N) is 2. The summed E-state index contributed by atoms with van der Waals surface area (Å²) in [6.07, 6.45) is 4.62. The molecule has 5 N–H and O–H groups in total. The van der Waals surface area contributed by atoms with Gasteiger partial charge in [-0.25, -0.2) is 9.78 Å². The van der Waals surface area contributed by atoms with Crippen LogP contribution in [-0.4, -0.2) is 69.8 Å². The predicted molar refractivity (Wildman–Crippen MR) is 177 cm³/mol. The van der Waals surface area contributed by atoms with Crippen molar-refractivity contribution >= 4 is 23.7 Å². The van der Waals surface area contributed by atoms with Crippen molar-refractivity contribution in [1.29, 1.82) is 0 Å². The number of rotatable bonds is 15. The first-order chi connectivity index (χ1) is 23.4. The Bertz CT molecular complexity index is 1630. The van der Waals surface area contributed by atoms with E-state index in [4.69, 9.17) is 15.2 Å². The lowest BCUT2D eigenvalue weighted by molar-refractivity contribution is -0.149. The number of benzene rings is 3. The molecule has 1 saturated heterocycles. The average Bonchev–Trinajstić information content (AvgIpc) is 3.82. The first-order valence-corrected chi connectivity index (χ1v) is 15.9. The highest BCUT2D eigenvalue weighted by atomic mass is 16.5. The maximum absolute atomic E-state index is 13.2. The summed E-state index contributed by atoms with van der Waals surface area (Å²) in [5.74, 6) is -1.32. The summed E-state index contributed by atoms with van der Waals surface area (Å²) < 4.78 is 11.4. The van der Waals surface area contributed by atoms with Gasteiger partial charge < -0.3 is 35.7 Å². The Kier molecular flexibility index (Phi) is 11.9. The molecule has 250 valence electrons. The topological polar surface area (TPSA) is 169 Å². The predicted octanol–water partition coefficient (Wildman–Crippen LogP) is 2.44. The molecular weight excluding hydrogens is 612 g/mol. The van der Waals surface area contributed by atoms with Crippen LogP contribution < -0.4 is 21.1 Å². The van der Waals surface area contributed by atoms with E-state index in [1.54, 1.807) is 6.20 Å². The summed E-state index contributed by atoms with van der Waals surface area (Å²) in [6, 6.07) is 23.7. The first-order valence-electron chi connectivity index (χ1n) is 15.9. The third-order valence-corrected chi connectivity index (χ3v) is 8.03. The summed E-state index contributed by atoms with van der Waals surface area (Å²) in [5, 5.41) is 5.34. The van der Waals surface area contributed by atoms with Crippen molar-refractivity contribution in [3.05, 3.63) is 120 Å². The summed E-state index contributed by atoms with van der Waals surface area (Å²) in [5.41, 5.74) is 9.49. The molecule has 0 radical (unpaired) electrons. The Morgan fingerprint density at radius 3 is 2.25 bits per heavy atom. The fourth-order valence-electron chi connectivity index (χ4n) is 5.49. The van der Waals surface area contributed by atoms with Crippen LogP contribution in [-0.2, 0) is 50.0 Å². The van der Waals surface area contributed by atoms with Crippen molar-refractivity contribution in [2.45, 2.75) is 57.0 Å². The number of carbonyl (C=O) groups is 4. The lowest BCUT2D eigenvalue weighted by Crippen LogP contribution is -2.53. The number of nitrogens with one attached hydrogen (secondary N) is 3. The van der Waals surface area contributed by atoms with Crippen molar-refractivity contribution in [2.75, 3.05) is 13.1 Å².